The van der Waals surface area contributed by atoms with E-state index < -0.39 is 17.5 Å². The Morgan fingerprint density at radius 3 is 2.67 bits per heavy atom. The first-order valence-electron chi connectivity index (χ1n) is 8.39. The van der Waals surface area contributed by atoms with E-state index >= 15 is 0 Å². The highest BCUT2D eigenvalue weighted by atomic mass is 19.2. The second-order valence-electron chi connectivity index (χ2n) is 6.42. The Morgan fingerprint density at radius 2 is 1.96 bits per heavy atom. The van der Waals surface area contributed by atoms with Crippen LogP contribution in [-0.2, 0) is 19.5 Å². The normalized spacial score (nSPS) is 14.2. The summed E-state index contributed by atoms with van der Waals surface area (Å²) in [6, 6.07) is 5.52. The van der Waals surface area contributed by atoms with Crippen molar-refractivity contribution in [3.63, 3.8) is 0 Å². The van der Waals surface area contributed by atoms with Gasteiger partial charge >= 0.3 is 0 Å². The fraction of sp³-hybridized carbons (Fsp3) is 0.211. The Bertz CT molecular complexity index is 1030. The Balaban J connectivity index is 1.61. The number of rotatable bonds is 3. The van der Waals surface area contributed by atoms with E-state index in [1.807, 2.05) is 4.90 Å². The Labute approximate surface area is 152 Å². The zero-order valence-corrected chi connectivity index (χ0v) is 14.2. The molecule has 0 aliphatic carbocycles. The topological polar surface area (TPSA) is 61.9 Å². The van der Waals surface area contributed by atoms with Gasteiger partial charge in [0.05, 0.1) is 5.69 Å². The predicted octanol–water partition coefficient (Wildman–Crippen LogP) is 2.81. The van der Waals surface area contributed by atoms with Crippen molar-refractivity contribution >= 4 is 0 Å². The molecule has 8 heteroatoms. The predicted molar refractivity (Wildman–Crippen MR) is 92.2 cm³/mol. The third-order valence-electron chi connectivity index (χ3n) is 4.54. The summed E-state index contributed by atoms with van der Waals surface area (Å²) in [5.74, 6) is -3.48. The highest BCUT2D eigenvalue weighted by Crippen LogP contribution is 2.21. The summed E-state index contributed by atoms with van der Waals surface area (Å²) in [6.07, 6.45) is 3.70. The second kappa shape index (κ2) is 6.96. The number of hydrogen-bond acceptors (Lipinski definition) is 4. The Hall–Kier alpha value is -3.00. The van der Waals surface area contributed by atoms with Crippen molar-refractivity contribution < 1.29 is 13.2 Å². The molecule has 3 aromatic rings. The quantitative estimate of drug-likeness (QED) is 0.719. The average molecular weight is 372 g/mol. The van der Waals surface area contributed by atoms with Crippen molar-refractivity contribution in [2.45, 2.75) is 19.5 Å². The van der Waals surface area contributed by atoms with Gasteiger partial charge in [0.15, 0.2) is 17.5 Å². The number of aromatic nitrogens is 3. The van der Waals surface area contributed by atoms with Gasteiger partial charge in [-0.05, 0) is 36.2 Å². The Morgan fingerprint density at radius 1 is 1.19 bits per heavy atom. The molecule has 2 aromatic heterocycles. The van der Waals surface area contributed by atoms with Crippen molar-refractivity contribution in [2.24, 2.45) is 0 Å². The van der Waals surface area contributed by atoms with Crippen molar-refractivity contribution in [1.82, 2.24) is 19.9 Å². The van der Waals surface area contributed by atoms with Crippen molar-refractivity contribution in [1.29, 1.82) is 0 Å². The van der Waals surface area contributed by atoms with E-state index in [1.54, 1.807) is 24.5 Å². The number of nitrogens with one attached hydrogen (secondary N) is 1. The molecule has 1 N–H and O–H groups in total. The molecule has 27 heavy (non-hydrogen) atoms. The molecule has 0 saturated heterocycles. The van der Waals surface area contributed by atoms with Crippen LogP contribution in [0.15, 0.2) is 41.5 Å². The molecule has 5 nitrogen and oxygen atoms in total. The maximum atomic E-state index is 13.4. The van der Waals surface area contributed by atoms with Crippen LogP contribution in [0, 0.1) is 17.5 Å². The monoisotopic (exact) mass is 372 g/mol. The van der Waals surface area contributed by atoms with Gasteiger partial charge in [-0.3, -0.25) is 14.7 Å². The molecule has 1 aliphatic rings. The van der Waals surface area contributed by atoms with Gasteiger partial charge in [0.1, 0.15) is 5.82 Å². The number of benzene rings is 1. The van der Waals surface area contributed by atoms with E-state index in [-0.39, 0.29) is 12.1 Å². The first-order chi connectivity index (χ1) is 13.0. The number of H-pyrrole nitrogens is 1. The smallest absolute Gasteiger partial charge is 0.254 e. The number of nitrogens with zero attached hydrogens (tertiary/aromatic N) is 3. The Kier molecular flexibility index (Phi) is 4.49. The lowest BCUT2D eigenvalue weighted by atomic mass is 10.0. The average Bonchev–Trinajstić information content (AvgIpc) is 2.66. The molecule has 0 amide bonds. The van der Waals surface area contributed by atoms with Gasteiger partial charge in [0, 0.05) is 43.2 Å². The summed E-state index contributed by atoms with van der Waals surface area (Å²) in [4.78, 5) is 25.6. The van der Waals surface area contributed by atoms with E-state index in [4.69, 9.17) is 0 Å². The standard InChI is InChI=1S/C19H15F3N4O/c20-14-6-11(7-15(21)17(14)22)9-26-5-3-13-16(10-26)24-18(25-19(13)27)12-2-1-4-23-8-12/h1-2,4,6-8H,3,5,9-10H2,(H,24,25,27). The highest BCUT2D eigenvalue weighted by molar-refractivity contribution is 5.53. The third-order valence-corrected chi connectivity index (χ3v) is 4.54. The SMILES string of the molecule is O=c1[nH]c(-c2cccnc2)nc2c1CCN(Cc1cc(F)c(F)c(F)c1)C2. The molecule has 1 aliphatic heterocycles. The van der Waals surface area contributed by atoms with Crippen LogP contribution in [0.5, 0.6) is 0 Å². The lowest BCUT2D eigenvalue weighted by Gasteiger charge is -2.27. The molecule has 3 heterocycles. The summed E-state index contributed by atoms with van der Waals surface area (Å²) in [5, 5.41) is 0. The molecule has 0 fully saturated rings. The minimum Gasteiger partial charge on any atom is -0.306 e. The third kappa shape index (κ3) is 3.48. The summed E-state index contributed by atoms with van der Waals surface area (Å²) in [7, 11) is 0. The van der Waals surface area contributed by atoms with Crippen LogP contribution in [0.3, 0.4) is 0 Å². The zero-order valence-electron chi connectivity index (χ0n) is 14.2. The molecule has 138 valence electrons. The number of pyridine rings is 1. The lowest BCUT2D eigenvalue weighted by molar-refractivity contribution is 0.239. The minimum atomic E-state index is -1.47. The summed E-state index contributed by atoms with van der Waals surface area (Å²) < 4.78 is 40.0. The molecule has 0 radical (unpaired) electrons. The molecule has 4 rings (SSSR count). The zero-order chi connectivity index (χ0) is 19.0. The highest BCUT2D eigenvalue weighted by Gasteiger charge is 2.22. The van der Waals surface area contributed by atoms with Crippen molar-refractivity contribution in [2.75, 3.05) is 6.54 Å². The molecule has 0 saturated carbocycles. The molecular formula is C19H15F3N4O. The number of halogens is 3. The van der Waals surface area contributed by atoms with E-state index in [9.17, 15) is 18.0 Å². The maximum absolute atomic E-state index is 13.4. The summed E-state index contributed by atoms with van der Waals surface area (Å²) >= 11 is 0. The first kappa shape index (κ1) is 17.4. The van der Waals surface area contributed by atoms with Gasteiger partial charge in [-0.1, -0.05) is 0 Å². The van der Waals surface area contributed by atoms with Crippen LogP contribution in [0.1, 0.15) is 16.8 Å². The minimum absolute atomic E-state index is 0.197. The fourth-order valence-corrected chi connectivity index (χ4v) is 3.23. The molecular weight excluding hydrogens is 357 g/mol. The largest absolute Gasteiger partial charge is 0.306 e. The number of fused-ring (bicyclic) bond motifs is 1. The van der Waals surface area contributed by atoms with E-state index in [1.165, 1.54) is 0 Å². The first-order valence-corrected chi connectivity index (χ1v) is 8.39. The number of aromatic amines is 1. The van der Waals surface area contributed by atoms with Gasteiger partial charge < -0.3 is 4.98 Å². The van der Waals surface area contributed by atoms with E-state index in [0.717, 1.165) is 12.1 Å². The van der Waals surface area contributed by atoms with Crippen molar-refractivity contribution in [3.05, 3.63) is 81.3 Å². The molecule has 0 bridgehead atoms. The van der Waals surface area contributed by atoms with Gasteiger partial charge in [0.25, 0.3) is 5.56 Å². The van der Waals surface area contributed by atoms with Gasteiger partial charge in [-0.2, -0.15) is 0 Å². The summed E-state index contributed by atoms with van der Waals surface area (Å²) in [5.41, 5.74) is 2.05. The van der Waals surface area contributed by atoms with Crippen LogP contribution >= 0.6 is 0 Å². The second-order valence-corrected chi connectivity index (χ2v) is 6.42. The summed E-state index contributed by atoms with van der Waals surface area (Å²) in [6.45, 7) is 1.11. The maximum Gasteiger partial charge on any atom is 0.254 e. The van der Waals surface area contributed by atoms with Crippen molar-refractivity contribution in [3.8, 4) is 11.4 Å². The van der Waals surface area contributed by atoms with E-state index in [2.05, 4.69) is 15.0 Å². The van der Waals surface area contributed by atoms with Crippen LogP contribution in [0.4, 0.5) is 13.2 Å². The van der Waals surface area contributed by atoms with E-state index in [0.29, 0.717) is 47.7 Å². The van der Waals surface area contributed by atoms with Crippen LogP contribution in [0.25, 0.3) is 11.4 Å². The van der Waals surface area contributed by atoms with Gasteiger partial charge in [-0.25, -0.2) is 18.2 Å². The van der Waals surface area contributed by atoms with Crippen LogP contribution in [0.2, 0.25) is 0 Å². The molecule has 1 aromatic carbocycles. The van der Waals surface area contributed by atoms with Crippen LogP contribution in [-0.4, -0.2) is 26.4 Å². The molecule has 0 spiro atoms. The van der Waals surface area contributed by atoms with Gasteiger partial charge in [0.2, 0.25) is 0 Å². The fourth-order valence-electron chi connectivity index (χ4n) is 3.23. The molecule has 0 unspecified atom stereocenters. The molecule has 0 atom stereocenters. The van der Waals surface area contributed by atoms with Gasteiger partial charge in [-0.15, -0.1) is 0 Å². The lowest BCUT2D eigenvalue weighted by Crippen LogP contribution is -2.35. The number of hydrogen-bond donors (Lipinski definition) is 1. The van der Waals surface area contributed by atoms with Crippen LogP contribution < -0.4 is 5.56 Å².